The molecule has 0 N–H and O–H groups in total. The summed E-state index contributed by atoms with van der Waals surface area (Å²) < 4.78 is 7.54. The molecule has 0 amide bonds. The van der Waals surface area contributed by atoms with Crippen molar-refractivity contribution in [2.24, 2.45) is 0 Å². The van der Waals surface area contributed by atoms with Crippen LogP contribution in [0.2, 0.25) is 19.6 Å². The van der Waals surface area contributed by atoms with Gasteiger partial charge in [-0.25, -0.2) is 0 Å². The van der Waals surface area contributed by atoms with Gasteiger partial charge in [-0.2, -0.15) is 5.06 Å². The van der Waals surface area contributed by atoms with Gasteiger partial charge in [0.15, 0.2) is 14.0 Å². The minimum Gasteiger partial charge on any atom is -0.394 e. The lowest BCUT2D eigenvalue weighted by atomic mass is 10.1. The molecular formula is C13H21ClINO2Si. The molecule has 0 saturated heterocycles. The van der Waals surface area contributed by atoms with Crippen LogP contribution in [0, 0.1) is 3.57 Å². The standard InChI is InChI=1S/C13H21ClINO2Si/c1-16(17-2)13(10-14,18-19(3,4)5)11-6-8-12(15)9-7-11/h6-9H,10H2,1-5H3. The van der Waals surface area contributed by atoms with Gasteiger partial charge >= 0.3 is 0 Å². The Labute approximate surface area is 135 Å². The molecule has 0 aliphatic carbocycles. The summed E-state index contributed by atoms with van der Waals surface area (Å²) in [5.41, 5.74) is 0.264. The van der Waals surface area contributed by atoms with E-state index in [1.54, 1.807) is 12.2 Å². The van der Waals surface area contributed by atoms with E-state index in [1.807, 2.05) is 31.3 Å². The molecule has 19 heavy (non-hydrogen) atoms. The third kappa shape index (κ3) is 4.40. The van der Waals surface area contributed by atoms with Crippen molar-refractivity contribution >= 4 is 42.5 Å². The van der Waals surface area contributed by atoms with Gasteiger partial charge in [-0.15, -0.1) is 11.6 Å². The largest absolute Gasteiger partial charge is 0.394 e. The Hall–Kier alpha value is 0.337. The van der Waals surface area contributed by atoms with E-state index in [2.05, 4.69) is 42.2 Å². The maximum atomic E-state index is 6.36. The Morgan fingerprint density at radius 3 is 2.16 bits per heavy atom. The fourth-order valence-corrected chi connectivity index (χ4v) is 4.02. The topological polar surface area (TPSA) is 21.7 Å². The lowest BCUT2D eigenvalue weighted by Gasteiger charge is -2.43. The van der Waals surface area contributed by atoms with Crippen molar-refractivity contribution in [1.29, 1.82) is 0 Å². The molecule has 6 heteroatoms. The first kappa shape index (κ1) is 17.4. The summed E-state index contributed by atoms with van der Waals surface area (Å²) in [5, 5.41) is 1.69. The lowest BCUT2D eigenvalue weighted by molar-refractivity contribution is -0.253. The van der Waals surface area contributed by atoms with Crippen molar-refractivity contribution < 1.29 is 9.26 Å². The van der Waals surface area contributed by atoms with Crippen molar-refractivity contribution in [3.8, 4) is 0 Å². The molecule has 0 aliphatic rings. The average molecular weight is 414 g/mol. The van der Waals surface area contributed by atoms with E-state index in [0.29, 0.717) is 5.88 Å². The predicted octanol–water partition coefficient (Wildman–Crippen LogP) is 4.03. The molecule has 0 saturated carbocycles. The minimum absolute atomic E-state index is 0.308. The molecule has 1 atom stereocenters. The quantitative estimate of drug-likeness (QED) is 0.231. The third-order valence-corrected chi connectivity index (χ3v) is 4.77. The first-order valence-electron chi connectivity index (χ1n) is 6.05. The summed E-state index contributed by atoms with van der Waals surface area (Å²) in [5.74, 6) is 0.308. The molecule has 1 aromatic rings. The molecule has 108 valence electrons. The highest BCUT2D eigenvalue weighted by atomic mass is 127. The van der Waals surface area contributed by atoms with Crippen LogP contribution in [0.1, 0.15) is 5.56 Å². The van der Waals surface area contributed by atoms with Crippen LogP contribution in [-0.2, 0) is 15.0 Å². The summed E-state index contributed by atoms with van der Waals surface area (Å²) in [4.78, 5) is 5.38. The molecule has 0 aromatic heterocycles. The van der Waals surface area contributed by atoms with Gasteiger partial charge in [0.05, 0.1) is 13.0 Å². The van der Waals surface area contributed by atoms with Crippen LogP contribution < -0.4 is 0 Å². The van der Waals surface area contributed by atoms with E-state index in [1.165, 1.54) is 3.57 Å². The molecule has 0 radical (unpaired) electrons. The number of nitrogens with zero attached hydrogens (tertiary/aromatic N) is 1. The van der Waals surface area contributed by atoms with Crippen molar-refractivity contribution in [2.75, 3.05) is 20.0 Å². The monoisotopic (exact) mass is 413 g/mol. The summed E-state index contributed by atoms with van der Waals surface area (Å²) in [6.45, 7) is 6.43. The number of hydroxylamine groups is 2. The molecule has 0 spiro atoms. The van der Waals surface area contributed by atoms with Crippen molar-refractivity contribution in [3.05, 3.63) is 33.4 Å². The van der Waals surface area contributed by atoms with E-state index in [-0.39, 0.29) is 0 Å². The summed E-state index contributed by atoms with van der Waals surface area (Å²) in [7, 11) is 1.68. The fourth-order valence-electron chi connectivity index (χ4n) is 1.86. The number of hydrogen-bond acceptors (Lipinski definition) is 3. The zero-order chi connectivity index (χ0) is 14.7. The molecular weight excluding hydrogens is 393 g/mol. The Kier molecular flexibility index (Phi) is 6.28. The number of hydrogen-bond donors (Lipinski definition) is 0. The molecule has 1 aromatic carbocycles. The number of rotatable bonds is 6. The number of halogens is 2. The second-order valence-electron chi connectivity index (χ2n) is 5.32. The van der Waals surface area contributed by atoms with Gasteiger partial charge in [-0.3, -0.25) is 4.84 Å². The van der Waals surface area contributed by atoms with Gasteiger partial charge in [0, 0.05) is 16.2 Å². The van der Waals surface area contributed by atoms with Crippen molar-refractivity contribution in [1.82, 2.24) is 5.06 Å². The van der Waals surface area contributed by atoms with Crippen LogP contribution in [-0.4, -0.2) is 33.4 Å². The second-order valence-corrected chi connectivity index (χ2v) is 11.3. The summed E-state index contributed by atoms with van der Waals surface area (Å²) in [6.07, 6.45) is 0. The van der Waals surface area contributed by atoms with Gasteiger partial charge < -0.3 is 4.43 Å². The Morgan fingerprint density at radius 2 is 1.79 bits per heavy atom. The Bertz CT molecular complexity index is 410. The van der Waals surface area contributed by atoms with E-state index in [4.69, 9.17) is 20.9 Å². The van der Waals surface area contributed by atoms with E-state index >= 15 is 0 Å². The lowest BCUT2D eigenvalue weighted by Crippen LogP contribution is -2.52. The summed E-state index contributed by atoms with van der Waals surface area (Å²) >= 11 is 8.53. The van der Waals surface area contributed by atoms with E-state index in [9.17, 15) is 0 Å². The normalized spacial score (nSPS) is 15.6. The molecule has 1 unspecified atom stereocenters. The highest BCUT2D eigenvalue weighted by Crippen LogP contribution is 2.34. The highest BCUT2D eigenvalue weighted by molar-refractivity contribution is 14.1. The van der Waals surface area contributed by atoms with Crippen molar-refractivity contribution in [3.63, 3.8) is 0 Å². The summed E-state index contributed by atoms with van der Waals surface area (Å²) in [6, 6.07) is 8.18. The number of benzene rings is 1. The second kappa shape index (κ2) is 6.86. The fraction of sp³-hybridized carbons (Fsp3) is 0.538. The van der Waals surface area contributed by atoms with Crippen LogP contribution in [0.25, 0.3) is 0 Å². The molecule has 0 fully saturated rings. The molecule has 0 bridgehead atoms. The van der Waals surface area contributed by atoms with Gasteiger partial charge in [0.2, 0.25) is 0 Å². The van der Waals surface area contributed by atoms with Gasteiger partial charge in [-0.05, 0) is 54.4 Å². The number of alkyl halides is 1. The van der Waals surface area contributed by atoms with Gasteiger partial charge in [0.25, 0.3) is 0 Å². The van der Waals surface area contributed by atoms with Crippen molar-refractivity contribution in [2.45, 2.75) is 25.4 Å². The smallest absolute Gasteiger partial charge is 0.186 e. The average Bonchev–Trinajstić information content (AvgIpc) is 2.35. The predicted molar refractivity (Wildman–Crippen MR) is 90.8 cm³/mol. The van der Waals surface area contributed by atoms with Crippen LogP contribution in [0.15, 0.2) is 24.3 Å². The van der Waals surface area contributed by atoms with E-state index < -0.39 is 14.0 Å². The van der Waals surface area contributed by atoms with E-state index in [0.717, 1.165) is 5.56 Å². The Balaban J connectivity index is 3.27. The zero-order valence-corrected chi connectivity index (χ0v) is 15.9. The highest BCUT2D eigenvalue weighted by Gasteiger charge is 2.41. The minimum atomic E-state index is -1.80. The van der Waals surface area contributed by atoms with Gasteiger partial charge in [0.1, 0.15) is 0 Å². The molecule has 0 aliphatic heterocycles. The SMILES string of the molecule is CON(C)C(CCl)(O[Si](C)(C)C)c1ccc(I)cc1. The first-order chi connectivity index (χ1) is 8.75. The van der Waals surface area contributed by atoms with Crippen LogP contribution in [0.4, 0.5) is 0 Å². The zero-order valence-electron chi connectivity index (χ0n) is 12.0. The maximum absolute atomic E-state index is 6.36. The van der Waals surface area contributed by atoms with Gasteiger partial charge in [-0.1, -0.05) is 12.1 Å². The molecule has 1 rings (SSSR count). The maximum Gasteiger partial charge on any atom is 0.186 e. The van der Waals surface area contributed by atoms with Crippen LogP contribution in [0.3, 0.4) is 0 Å². The molecule has 0 heterocycles. The first-order valence-corrected chi connectivity index (χ1v) is 11.1. The third-order valence-electron chi connectivity index (χ3n) is 2.73. The molecule has 3 nitrogen and oxygen atoms in total. The van der Waals surface area contributed by atoms with Crippen LogP contribution in [0.5, 0.6) is 0 Å². The van der Waals surface area contributed by atoms with Crippen LogP contribution >= 0.6 is 34.2 Å². The Morgan fingerprint density at radius 1 is 1.26 bits per heavy atom.